The van der Waals surface area contributed by atoms with Crippen LogP contribution in [0, 0.1) is 5.82 Å². The van der Waals surface area contributed by atoms with Gasteiger partial charge < -0.3 is 5.32 Å². The number of carbonyl (C=O) groups is 1. The van der Waals surface area contributed by atoms with E-state index < -0.39 is 23.7 Å². The SMILES string of the molecule is O=C(NCc1c(C2CC2)ccc2[nH]ncc12)c1ccc(C(F)F)c(F)c1. The summed E-state index contributed by atoms with van der Waals surface area (Å²) in [6.07, 6.45) is 1.04. The maximum Gasteiger partial charge on any atom is 0.266 e. The summed E-state index contributed by atoms with van der Waals surface area (Å²) in [5.41, 5.74) is 2.35. The number of rotatable bonds is 5. The molecular weight excluding hydrogens is 343 g/mol. The van der Waals surface area contributed by atoms with Crippen LogP contribution in [0.4, 0.5) is 13.2 Å². The first-order valence-corrected chi connectivity index (χ1v) is 8.35. The minimum atomic E-state index is -2.91. The molecule has 26 heavy (non-hydrogen) atoms. The number of hydrogen-bond donors (Lipinski definition) is 2. The Balaban J connectivity index is 1.57. The second-order valence-electron chi connectivity index (χ2n) is 6.46. The molecule has 3 aromatic rings. The number of benzene rings is 2. The maximum absolute atomic E-state index is 13.7. The summed E-state index contributed by atoms with van der Waals surface area (Å²) >= 11 is 0. The predicted molar refractivity (Wildman–Crippen MR) is 90.6 cm³/mol. The molecule has 0 atom stereocenters. The molecule has 0 spiro atoms. The van der Waals surface area contributed by atoms with E-state index in [0.29, 0.717) is 5.92 Å². The van der Waals surface area contributed by atoms with Crippen molar-refractivity contribution in [3.8, 4) is 0 Å². The molecule has 0 radical (unpaired) electrons. The summed E-state index contributed by atoms with van der Waals surface area (Å²) in [7, 11) is 0. The van der Waals surface area contributed by atoms with Crippen LogP contribution in [0.2, 0.25) is 0 Å². The first-order valence-electron chi connectivity index (χ1n) is 8.35. The van der Waals surface area contributed by atoms with E-state index in [2.05, 4.69) is 15.5 Å². The molecule has 2 N–H and O–H groups in total. The molecule has 2 aromatic carbocycles. The molecule has 4 nitrogen and oxygen atoms in total. The summed E-state index contributed by atoms with van der Waals surface area (Å²) in [5, 5.41) is 10.7. The van der Waals surface area contributed by atoms with Crippen molar-refractivity contribution in [2.45, 2.75) is 31.7 Å². The fraction of sp³-hybridized carbons (Fsp3) is 0.263. The lowest BCUT2D eigenvalue weighted by Gasteiger charge is -2.12. The molecule has 1 fully saturated rings. The Hall–Kier alpha value is -2.83. The van der Waals surface area contributed by atoms with Crippen molar-refractivity contribution >= 4 is 16.8 Å². The van der Waals surface area contributed by atoms with Gasteiger partial charge in [-0.25, -0.2) is 13.2 Å². The van der Waals surface area contributed by atoms with Crippen LogP contribution < -0.4 is 5.32 Å². The van der Waals surface area contributed by atoms with Crippen molar-refractivity contribution in [3.63, 3.8) is 0 Å². The average molecular weight is 359 g/mol. The predicted octanol–water partition coefficient (Wildman–Crippen LogP) is 4.45. The van der Waals surface area contributed by atoms with Crippen LogP contribution in [-0.4, -0.2) is 16.1 Å². The Morgan fingerprint density at radius 2 is 2.08 bits per heavy atom. The molecule has 4 rings (SSSR count). The third kappa shape index (κ3) is 3.05. The lowest BCUT2D eigenvalue weighted by molar-refractivity contribution is 0.0949. The molecule has 1 aliphatic carbocycles. The van der Waals surface area contributed by atoms with Crippen LogP contribution >= 0.6 is 0 Å². The van der Waals surface area contributed by atoms with E-state index in [1.54, 1.807) is 6.20 Å². The minimum absolute atomic E-state index is 0.0132. The minimum Gasteiger partial charge on any atom is -0.348 e. The van der Waals surface area contributed by atoms with Gasteiger partial charge in [0.15, 0.2) is 0 Å². The van der Waals surface area contributed by atoms with Gasteiger partial charge in [-0.3, -0.25) is 9.89 Å². The highest BCUT2D eigenvalue weighted by molar-refractivity contribution is 5.94. The number of halogens is 3. The Morgan fingerprint density at radius 1 is 1.27 bits per heavy atom. The van der Waals surface area contributed by atoms with E-state index in [-0.39, 0.29) is 12.1 Å². The third-order valence-electron chi connectivity index (χ3n) is 4.71. The molecular formula is C19H16F3N3O. The van der Waals surface area contributed by atoms with Gasteiger partial charge in [-0.2, -0.15) is 5.10 Å². The smallest absolute Gasteiger partial charge is 0.266 e. The Kier molecular flexibility index (Phi) is 4.14. The highest BCUT2D eigenvalue weighted by atomic mass is 19.3. The number of fused-ring (bicyclic) bond motifs is 1. The molecule has 7 heteroatoms. The molecule has 0 saturated heterocycles. The normalized spacial score (nSPS) is 14.2. The van der Waals surface area contributed by atoms with Crippen LogP contribution in [0.15, 0.2) is 36.5 Å². The van der Waals surface area contributed by atoms with Crippen LogP contribution in [0.25, 0.3) is 10.9 Å². The molecule has 134 valence electrons. The number of amides is 1. The number of hydrogen-bond acceptors (Lipinski definition) is 2. The van der Waals surface area contributed by atoms with Crippen molar-refractivity contribution in [1.29, 1.82) is 0 Å². The summed E-state index contributed by atoms with van der Waals surface area (Å²) in [6.45, 7) is 0.264. The van der Waals surface area contributed by atoms with Crippen molar-refractivity contribution in [3.05, 3.63) is 64.6 Å². The van der Waals surface area contributed by atoms with Crippen molar-refractivity contribution in [2.75, 3.05) is 0 Å². The zero-order valence-electron chi connectivity index (χ0n) is 13.7. The number of H-pyrrole nitrogens is 1. The summed E-state index contributed by atoms with van der Waals surface area (Å²) in [4.78, 5) is 12.3. The summed E-state index contributed by atoms with van der Waals surface area (Å²) in [6, 6.07) is 7.01. The maximum atomic E-state index is 13.7. The monoisotopic (exact) mass is 359 g/mol. The van der Waals surface area contributed by atoms with Gasteiger partial charge in [0, 0.05) is 17.5 Å². The zero-order valence-corrected chi connectivity index (χ0v) is 13.7. The molecule has 1 aromatic heterocycles. The average Bonchev–Trinajstić information content (AvgIpc) is 3.35. The fourth-order valence-electron chi connectivity index (χ4n) is 3.18. The van der Waals surface area contributed by atoms with Gasteiger partial charge >= 0.3 is 0 Å². The third-order valence-corrected chi connectivity index (χ3v) is 4.71. The molecule has 1 saturated carbocycles. The standard InChI is InChI=1S/C19H16F3N3O/c20-16-7-11(3-4-13(16)18(21)22)19(26)23-8-14-12(10-1-2-10)5-6-17-15(14)9-24-25-17/h3-7,9-10,18H,1-2,8H2,(H,23,26)(H,24,25). The topological polar surface area (TPSA) is 57.8 Å². The Labute approximate surface area is 147 Å². The second kappa shape index (κ2) is 6.48. The fourth-order valence-corrected chi connectivity index (χ4v) is 3.18. The molecule has 0 unspecified atom stereocenters. The lowest BCUT2D eigenvalue weighted by Crippen LogP contribution is -2.23. The highest BCUT2D eigenvalue weighted by Gasteiger charge is 2.27. The number of nitrogens with one attached hydrogen (secondary N) is 2. The van der Waals surface area contributed by atoms with E-state index >= 15 is 0 Å². The number of carbonyl (C=O) groups excluding carboxylic acids is 1. The van der Waals surface area contributed by atoms with Crippen molar-refractivity contribution in [2.24, 2.45) is 0 Å². The largest absolute Gasteiger partial charge is 0.348 e. The zero-order chi connectivity index (χ0) is 18.3. The molecule has 0 aliphatic heterocycles. The highest BCUT2D eigenvalue weighted by Crippen LogP contribution is 2.43. The Morgan fingerprint density at radius 3 is 2.77 bits per heavy atom. The summed E-state index contributed by atoms with van der Waals surface area (Å²) in [5.74, 6) is -1.10. The van der Waals surface area contributed by atoms with E-state index in [0.717, 1.165) is 41.4 Å². The first kappa shape index (κ1) is 16.6. The molecule has 1 aliphatic rings. The van der Waals surface area contributed by atoms with Gasteiger partial charge in [0.2, 0.25) is 0 Å². The lowest BCUT2D eigenvalue weighted by atomic mass is 9.99. The van der Waals surface area contributed by atoms with Gasteiger partial charge in [-0.05, 0) is 54.2 Å². The van der Waals surface area contributed by atoms with Crippen LogP contribution in [-0.2, 0) is 6.54 Å². The van der Waals surface area contributed by atoms with Gasteiger partial charge in [-0.1, -0.05) is 6.07 Å². The van der Waals surface area contributed by atoms with Crippen LogP contribution in [0.1, 0.15) is 52.2 Å². The number of alkyl halides is 2. The summed E-state index contributed by atoms with van der Waals surface area (Å²) < 4.78 is 38.9. The van der Waals surface area contributed by atoms with E-state index in [1.807, 2.05) is 12.1 Å². The van der Waals surface area contributed by atoms with E-state index in [4.69, 9.17) is 0 Å². The number of aromatic nitrogens is 2. The van der Waals surface area contributed by atoms with E-state index in [1.165, 1.54) is 11.6 Å². The number of aromatic amines is 1. The molecule has 1 amide bonds. The quantitative estimate of drug-likeness (QED) is 0.707. The van der Waals surface area contributed by atoms with Crippen molar-refractivity contribution in [1.82, 2.24) is 15.5 Å². The Bertz CT molecular complexity index is 979. The number of nitrogens with zero attached hydrogens (tertiary/aromatic N) is 1. The van der Waals surface area contributed by atoms with Gasteiger partial charge in [0.05, 0.1) is 17.3 Å². The van der Waals surface area contributed by atoms with E-state index in [9.17, 15) is 18.0 Å². The van der Waals surface area contributed by atoms with Crippen LogP contribution in [0.3, 0.4) is 0 Å². The van der Waals surface area contributed by atoms with Gasteiger partial charge in [0.1, 0.15) is 5.82 Å². The van der Waals surface area contributed by atoms with Crippen LogP contribution in [0.5, 0.6) is 0 Å². The molecule has 0 bridgehead atoms. The van der Waals surface area contributed by atoms with Gasteiger partial charge in [0.25, 0.3) is 12.3 Å². The van der Waals surface area contributed by atoms with Crippen molar-refractivity contribution < 1.29 is 18.0 Å². The second-order valence-corrected chi connectivity index (χ2v) is 6.46. The first-order chi connectivity index (χ1) is 12.5. The van der Waals surface area contributed by atoms with Gasteiger partial charge in [-0.15, -0.1) is 0 Å². The molecule has 1 heterocycles.